The highest BCUT2D eigenvalue weighted by atomic mass is 32.1. The molecule has 1 saturated heterocycles. The number of imide groups is 1. The summed E-state index contributed by atoms with van der Waals surface area (Å²) in [5.41, 5.74) is 7.26. The molecule has 5 rings (SSSR count). The van der Waals surface area contributed by atoms with Crippen LogP contribution in [0.2, 0.25) is 0 Å². The van der Waals surface area contributed by atoms with E-state index in [0.29, 0.717) is 12.8 Å². The monoisotopic (exact) mass is 360 g/mol. The van der Waals surface area contributed by atoms with E-state index < -0.39 is 0 Å². The fourth-order valence-electron chi connectivity index (χ4n) is 3.73. The average molecular weight is 360 g/mol. The summed E-state index contributed by atoms with van der Waals surface area (Å²) >= 11 is 1.50. The van der Waals surface area contributed by atoms with E-state index in [0.717, 1.165) is 22.7 Å². The SMILES string of the molecule is O=C1CCC(=O)N1Cc1nc(-c2ccc3c(c2)-c2ccccc2C3)cs1. The second-order valence-corrected chi connectivity index (χ2v) is 7.65. The number of amides is 2. The molecule has 1 aromatic heterocycles. The molecule has 1 fully saturated rings. The van der Waals surface area contributed by atoms with Gasteiger partial charge in [-0.05, 0) is 34.7 Å². The summed E-state index contributed by atoms with van der Waals surface area (Å²) in [6, 6.07) is 15.0. The Labute approximate surface area is 155 Å². The van der Waals surface area contributed by atoms with E-state index in [-0.39, 0.29) is 18.4 Å². The number of aromatic nitrogens is 1. The van der Waals surface area contributed by atoms with E-state index in [1.165, 1.54) is 38.5 Å². The topological polar surface area (TPSA) is 50.3 Å². The lowest BCUT2D eigenvalue weighted by Crippen LogP contribution is -2.28. The lowest BCUT2D eigenvalue weighted by molar-refractivity contribution is -0.139. The van der Waals surface area contributed by atoms with Gasteiger partial charge in [-0.1, -0.05) is 36.4 Å². The quantitative estimate of drug-likeness (QED) is 0.518. The number of rotatable bonds is 3. The van der Waals surface area contributed by atoms with Gasteiger partial charge >= 0.3 is 0 Å². The first-order chi connectivity index (χ1) is 12.7. The van der Waals surface area contributed by atoms with Gasteiger partial charge in [-0.3, -0.25) is 14.5 Å². The van der Waals surface area contributed by atoms with E-state index >= 15 is 0 Å². The molecular formula is C21H16N2O2S. The molecule has 0 atom stereocenters. The molecule has 3 aromatic rings. The van der Waals surface area contributed by atoms with Crippen molar-refractivity contribution in [3.63, 3.8) is 0 Å². The van der Waals surface area contributed by atoms with Crippen molar-refractivity contribution >= 4 is 23.2 Å². The molecule has 0 spiro atoms. The Kier molecular flexibility index (Phi) is 3.50. The smallest absolute Gasteiger partial charge is 0.230 e. The Hall–Kier alpha value is -2.79. The van der Waals surface area contributed by atoms with Crippen LogP contribution in [0.1, 0.15) is 29.0 Å². The van der Waals surface area contributed by atoms with Crippen LogP contribution in [-0.2, 0) is 22.6 Å². The van der Waals surface area contributed by atoms with E-state index in [2.05, 4.69) is 47.4 Å². The van der Waals surface area contributed by atoms with Gasteiger partial charge in [0, 0.05) is 23.8 Å². The number of fused-ring (bicyclic) bond motifs is 3. The van der Waals surface area contributed by atoms with Gasteiger partial charge in [0.1, 0.15) is 5.01 Å². The van der Waals surface area contributed by atoms with Crippen molar-refractivity contribution in [2.24, 2.45) is 0 Å². The van der Waals surface area contributed by atoms with E-state index in [9.17, 15) is 9.59 Å². The van der Waals surface area contributed by atoms with Crippen molar-refractivity contribution < 1.29 is 9.59 Å². The minimum absolute atomic E-state index is 0.0964. The van der Waals surface area contributed by atoms with Crippen LogP contribution >= 0.6 is 11.3 Å². The zero-order valence-corrected chi connectivity index (χ0v) is 14.9. The first-order valence-electron chi connectivity index (χ1n) is 8.68. The molecule has 26 heavy (non-hydrogen) atoms. The third-order valence-electron chi connectivity index (χ3n) is 5.09. The number of hydrogen-bond acceptors (Lipinski definition) is 4. The summed E-state index contributed by atoms with van der Waals surface area (Å²) < 4.78 is 0. The van der Waals surface area contributed by atoms with Gasteiger partial charge in [0.2, 0.25) is 11.8 Å². The summed E-state index contributed by atoms with van der Waals surface area (Å²) in [4.78, 5) is 29.6. The number of thiazole rings is 1. The van der Waals surface area contributed by atoms with Crippen molar-refractivity contribution in [1.82, 2.24) is 9.88 Å². The Morgan fingerprint density at radius 1 is 0.962 bits per heavy atom. The third-order valence-corrected chi connectivity index (χ3v) is 5.93. The van der Waals surface area contributed by atoms with Crippen LogP contribution in [0.4, 0.5) is 0 Å². The van der Waals surface area contributed by atoms with E-state index in [1.54, 1.807) is 0 Å². The van der Waals surface area contributed by atoms with Crippen LogP contribution in [0.3, 0.4) is 0 Å². The van der Waals surface area contributed by atoms with Crippen LogP contribution < -0.4 is 0 Å². The van der Waals surface area contributed by atoms with Crippen LogP contribution in [0.5, 0.6) is 0 Å². The molecule has 0 saturated carbocycles. The third kappa shape index (κ3) is 2.47. The molecule has 2 amide bonds. The molecule has 2 heterocycles. The number of nitrogens with zero attached hydrogens (tertiary/aromatic N) is 2. The molecule has 0 N–H and O–H groups in total. The molecule has 128 valence electrons. The molecule has 2 aromatic carbocycles. The van der Waals surface area contributed by atoms with Gasteiger partial charge in [-0.25, -0.2) is 4.98 Å². The molecule has 0 unspecified atom stereocenters. The lowest BCUT2D eigenvalue weighted by atomic mass is 10.0. The molecule has 0 radical (unpaired) electrons. The van der Waals surface area contributed by atoms with Crippen molar-refractivity contribution in [1.29, 1.82) is 0 Å². The van der Waals surface area contributed by atoms with Gasteiger partial charge < -0.3 is 0 Å². The first kappa shape index (κ1) is 15.5. The zero-order chi connectivity index (χ0) is 17.7. The molecule has 1 aliphatic carbocycles. The van der Waals surface area contributed by atoms with Crippen molar-refractivity contribution in [3.8, 4) is 22.4 Å². The second kappa shape index (κ2) is 5.88. The molecular weight excluding hydrogens is 344 g/mol. The molecule has 2 aliphatic rings. The first-order valence-corrected chi connectivity index (χ1v) is 9.56. The summed E-state index contributed by atoms with van der Waals surface area (Å²) in [5.74, 6) is -0.193. The molecule has 5 heteroatoms. The van der Waals surface area contributed by atoms with Crippen LogP contribution in [0.25, 0.3) is 22.4 Å². The van der Waals surface area contributed by atoms with Gasteiger partial charge in [-0.15, -0.1) is 11.3 Å². The highest BCUT2D eigenvalue weighted by Gasteiger charge is 2.29. The fraction of sp³-hybridized carbons (Fsp3) is 0.190. The lowest BCUT2D eigenvalue weighted by Gasteiger charge is -2.10. The molecule has 4 nitrogen and oxygen atoms in total. The van der Waals surface area contributed by atoms with Gasteiger partial charge in [-0.2, -0.15) is 0 Å². The van der Waals surface area contributed by atoms with Crippen LogP contribution in [0, 0.1) is 0 Å². The predicted octanol–water partition coefficient (Wildman–Crippen LogP) is 4.03. The molecule has 1 aliphatic heterocycles. The van der Waals surface area contributed by atoms with Crippen molar-refractivity contribution in [3.05, 3.63) is 64.0 Å². The minimum Gasteiger partial charge on any atom is -0.276 e. The standard InChI is InChI=1S/C21H16N2O2S/c24-20-7-8-21(25)23(20)11-19-22-18(12-26-19)15-6-5-14-9-13-3-1-2-4-16(13)17(14)10-15/h1-6,10,12H,7-9,11H2. The van der Waals surface area contributed by atoms with Gasteiger partial charge in [0.25, 0.3) is 0 Å². The summed E-state index contributed by atoms with van der Waals surface area (Å²) in [6.07, 6.45) is 1.62. The highest BCUT2D eigenvalue weighted by molar-refractivity contribution is 7.09. The van der Waals surface area contributed by atoms with Crippen LogP contribution in [-0.4, -0.2) is 21.7 Å². The highest BCUT2D eigenvalue weighted by Crippen LogP contribution is 2.38. The number of carbonyl (C=O) groups excluding carboxylic acids is 2. The Morgan fingerprint density at radius 3 is 2.58 bits per heavy atom. The maximum Gasteiger partial charge on any atom is 0.230 e. The normalized spacial score (nSPS) is 15.5. The van der Waals surface area contributed by atoms with Gasteiger partial charge in [0.05, 0.1) is 12.2 Å². The average Bonchev–Trinajstić information content (AvgIpc) is 3.35. The fourth-order valence-corrected chi connectivity index (χ4v) is 4.52. The summed E-state index contributed by atoms with van der Waals surface area (Å²) in [6.45, 7) is 0.288. The van der Waals surface area contributed by atoms with Gasteiger partial charge in [0.15, 0.2) is 0 Å². The number of hydrogen-bond donors (Lipinski definition) is 0. The Bertz CT molecular complexity index is 1040. The Balaban J connectivity index is 1.45. The molecule has 0 bridgehead atoms. The second-order valence-electron chi connectivity index (χ2n) is 6.71. The maximum atomic E-state index is 11.8. The van der Waals surface area contributed by atoms with E-state index in [4.69, 9.17) is 0 Å². The van der Waals surface area contributed by atoms with Crippen LogP contribution in [0.15, 0.2) is 47.8 Å². The zero-order valence-electron chi connectivity index (χ0n) is 14.1. The number of likely N-dealkylation sites (tertiary alicyclic amines) is 1. The van der Waals surface area contributed by atoms with Crippen molar-refractivity contribution in [2.45, 2.75) is 25.8 Å². The number of carbonyl (C=O) groups is 2. The predicted molar refractivity (Wildman–Crippen MR) is 101 cm³/mol. The summed E-state index contributed by atoms with van der Waals surface area (Å²) in [7, 11) is 0. The minimum atomic E-state index is -0.0964. The maximum absolute atomic E-state index is 11.8. The largest absolute Gasteiger partial charge is 0.276 e. The number of benzene rings is 2. The Morgan fingerprint density at radius 2 is 1.73 bits per heavy atom. The summed E-state index contributed by atoms with van der Waals surface area (Å²) in [5, 5.41) is 2.80. The van der Waals surface area contributed by atoms with E-state index in [1.807, 2.05) is 5.38 Å². The van der Waals surface area contributed by atoms with Crippen molar-refractivity contribution in [2.75, 3.05) is 0 Å².